The number of para-hydroxylation sites is 1. The number of benzene rings is 4. The first-order valence-corrected chi connectivity index (χ1v) is 13.1. The number of nitro groups is 1. The van der Waals surface area contributed by atoms with Crippen molar-refractivity contribution in [3.05, 3.63) is 134 Å². The van der Waals surface area contributed by atoms with E-state index in [-0.39, 0.29) is 22.0 Å². The number of esters is 1. The molecule has 1 N–H and O–H groups in total. The van der Waals surface area contributed by atoms with Crippen molar-refractivity contribution in [3.8, 4) is 11.3 Å². The molecule has 1 aromatic heterocycles. The number of hydrogen-bond acceptors (Lipinski definition) is 6. The second kappa shape index (κ2) is 11.6. The van der Waals surface area contributed by atoms with Crippen LogP contribution >= 0.6 is 27.5 Å². The van der Waals surface area contributed by atoms with Crippen molar-refractivity contribution >= 4 is 61.7 Å². The Bertz CT molecular complexity index is 1760. The molecule has 1 heterocycles. The first-order chi connectivity index (χ1) is 19.3. The Hall–Kier alpha value is -4.60. The van der Waals surface area contributed by atoms with Crippen LogP contribution in [-0.2, 0) is 9.53 Å². The van der Waals surface area contributed by atoms with E-state index in [1.807, 2.05) is 30.3 Å². The minimum absolute atomic E-state index is 0.0696. The molecule has 8 nitrogen and oxygen atoms in total. The van der Waals surface area contributed by atoms with Crippen LogP contribution in [0.1, 0.15) is 22.0 Å². The summed E-state index contributed by atoms with van der Waals surface area (Å²) in [4.78, 5) is 42.5. The van der Waals surface area contributed by atoms with E-state index >= 15 is 0 Å². The molecule has 1 amide bonds. The van der Waals surface area contributed by atoms with Crippen LogP contribution in [0.15, 0.2) is 108 Å². The maximum atomic E-state index is 13.7. The average Bonchev–Trinajstić information content (AvgIpc) is 2.96. The largest absolute Gasteiger partial charge is 0.444 e. The van der Waals surface area contributed by atoms with E-state index in [0.29, 0.717) is 22.2 Å². The van der Waals surface area contributed by atoms with Gasteiger partial charge in [-0.2, -0.15) is 0 Å². The molecule has 1 unspecified atom stereocenters. The lowest BCUT2D eigenvalue weighted by atomic mass is 10.0. The second-order valence-corrected chi connectivity index (χ2v) is 10.0. The maximum Gasteiger partial charge on any atom is 0.340 e. The highest BCUT2D eigenvalue weighted by molar-refractivity contribution is 9.10. The number of nitrogens with one attached hydrogen (secondary N) is 1. The Morgan fingerprint density at radius 2 is 1.68 bits per heavy atom. The van der Waals surface area contributed by atoms with Crippen LogP contribution in [-0.4, -0.2) is 21.8 Å². The van der Waals surface area contributed by atoms with E-state index in [1.165, 1.54) is 12.1 Å². The van der Waals surface area contributed by atoms with Gasteiger partial charge in [-0.1, -0.05) is 88.2 Å². The molecule has 5 rings (SSSR count). The molecule has 0 fully saturated rings. The van der Waals surface area contributed by atoms with Crippen molar-refractivity contribution in [2.75, 3.05) is 5.32 Å². The van der Waals surface area contributed by atoms with Gasteiger partial charge in [0.15, 0.2) is 0 Å². The molecule has 0 saturated carbocycles. The van der Waals surface area contributed by atoms with Gasteiger partial charge in [0.25, 0.3) is 11.6 Å². The van der Waals surface area contributed by atoms with Gasteiger partial charge in [-0.3, -0.25) is 14.9 Å². The topological polar surface area (TPSA) is 111 Å². The van der Waals surface area contributed by atoms with Crippen LogP contribution in [0.25, 0.3) is 22.2 Å². The number of amides is 1. The summed E-state index contributed by atoms with van der Waals surface area (Å²) in [6.45, 7) is 0. The molecule has 5 aromatic rings. The Morgan fingerprint density at radius 1 is 0.925 bits per heavy atom. The molecule has 0 aliphatic rings. The zero-order valence-electron chi connectivity index (χ0n) is 20.6. The zero-order chi connectivity index (χ0) is 28.2. The molecule has 0 spiro atoms. The van der Waals surface area contributed by atoms with Crippen LogP contribution in [0.5, 0.6) is 0 Å². The smallest absolute Gasteiger partial charge is 0.340 e. The van der Waals surface area contributed by atoms with Crippen LogP contribution in [0.4, 0.5) is 11.4 Å². The third kappa shape index (κ3) is 5.85. The minimum Gasteiger partial charge on any atom is -0.444 e. The van der Waals surface area contributed by atoms with Crippen LogP contribution in [0.3, 0.4) is 0 Å². The number of carbonyl (C=O) groups excluding carboxylic acids is 2. The molecule has 0 bridgehead atoms. The quantitative estimate of drug-likeness (QED) is 0.114. The van der Waals surface area contributed by atoms with Crippen molar-refractivity contribution in [1.29, 1.82) is 0 Å². The van der Waals surface area contributed by atoms with Gasteiger partial charge in [0, 0.05) is 32.7 Å². The Labute approximate surface area is 241 Å². The lowest BCUT2D eigenvalue weighted by molar-refractivity contribution is -0.384. The van der Waals surface area contributed by atoms with Gasteiger partial charge in [-0.25, -0.2) is 9.78 Å². The number of pyridine rings is 1. The minimum atomic E-state index is -1.36. The number of nitrogens with zero attached hydrogens (tertiary/aromatic N) is 2. The maximum absolute atomic E-state index is 13.7. The summed E-state index contributed by atoms with van der Waals surface area (Å²) in [5.74, 6) is -1.43. The lowest BCUT2D eigenvalue weighted by Gasteiger charge is -2.19. The van der Waals surface area contributed by atoms with Crippen molar-refractivity contribution < 1.29 is 19.2 Å². The number of fused-ring (bicyclic) bond motifs is 1. The summed E-state index contributed by atoms with van der Waals surface area (Å²) in [7, 11) is 0. The van der Waals surface area contributed by atoms with Crippen LogP contribution in [0, 0.1) is 10.1 Å². The Balaban J connectivity index is 1.52. The van der Waals surface area contributed by atoms with Gasteiger partial charge in [-0.15, -0.1) is 0 Å². The van der Waals surface area contributed by atoms with Gasteiger partial charge in [0.05, 0.1) is 21.7 Å². The monoisotopic (exact) mass is 615 g/mol. The van der Waals surface area contributed by atoms with Gasteiger partial charge in [-0.05, 0) is 36.4 Å². The first-order valence-electron chi connectivity index (χ1n) is 12.0. The fraction of sp³-hybridized carbons (Fsp3) is 0.0333. The molecule has 4 aromatic carbocycles. The number of halogens is 2. The number of rotatable bonds is 7. The fourth-order valence-corrected chi connectivity index (χ4v) is 4.74. The van der Waals surface area contributed by atoms with E-state index in [0.717, 1.165) is 16.1 Å². The number of hydrogen-bond donors (Lipinski definition) is 1. The molecule has 0 aliphatic carbocycles. The molecule has 0 saturated heterocycles. The number of ether oxygens (including phenoxy) is 1. The molecule has 40 heavy (non-hydrogen) atoms. The number of carbonyl (C=O) groups is 2. The molecule has 0 aliphatic heterocycles. The first kappa shape index (κ1) is 27.0. The van der Waals surface area contributed by atoms with Gasteiger partial charge < -0.3 is 10.1 Å². The predicted molar refractivity (Wildman–Crippen MR) is 156 cm³/mol. The summed E-state index contributed by atoms with van der Waals surface area (Å²) >= 11 is 9.37. The van der Waals surface area contributed by atoms with Crippen molar-refractivity contribution in [1.82, 2.24) is 4.98 Å². The van der Waals surface area contributed by atoms with Gasteiger partial charge >= 0.3 is 5.97 Å². The second-order valence-electron chi connectivity index (χ2n) is 8.69. The fourth-order valence-electron chi connectivity index (χ4n) is 4.15. The number of nitro benzene ring substituents is 1. The summed E-state index contributed by atoms with van der Waals surface area (Å²) in [6, 6.07) is 28.7. The zero-order valence-corrected chi connectivity index (χ0v) is 22.9. The summed E-state index contributed by atoms with van der Waals surface area (Å²) in [5.41, 5.74) is 2.34. The summed E-state index contributed by atoms with van der Waals surface area (Å²) in [5, 5.41) is 14.4. The molecule has 10 heteroatoms. The normalized spacial score (nSPS) is 11.6. The third-order valence-corrected chi connectivity index (χ3v) is 6.85. The van der Waals surface area contributed by atoms with Gasteiger partial charge in [0.1, 0.15) is 5.02 Å². The number of aromatic nitrogens is 1. The van der Waals surface area contributed by atoms with Crippen LogP contribution in [0.2, 0.25) is 5.02 Å². The van der Waals surface area contributed by atoms with Crippen molar-refractivity contribution in [2.24, 2.45) is 0 Å². The molecule has 198 valence electrons. The summed E-state index contributed by atoms with van der Waals surface area (Å²) in [6.07, 6.45) is -1.36. The highest BCUT2D eigenvalue weighted by atomic mass is 79.9. The summed E-state index contributed by atoms with van der Waals surface area (Å²) < 4.78 is 6.69. The lowest BCUT2D eigenvalue weighted by Crippen LogP contribution is -2.26. The Morgan fingerprint density at radius 3 is 2.42 bits per heavy atom. The van der Waals surface area contributed by atoms with E-state index in [9.17, 15) is 19.7 Å². The van der Waals surface area contributed by atoms with Crippen molar-refractivity contribution in [2.45, 2.75) is 6.10 Å². The van der Waals surface area contributed by atoms with Crippen molar-refractivity contribution in [3.63, 3.8) is 0 Å². The third-order valence-electron chi connectivity index (χ3n) is 6.03. The van der Waals surface area contributed by atoms with Crippen LogP contribution < -0.4 is 5.32 Å². The molecular weight excluding hydrogens is 598 g/mol. The Kier molecular flexibility index (Phi) is 7.86. The van der Waals surface area contributed by atoms with E-state index in [1.54, 1.807) is 54.6 Å². The molecular formula is C30H19BrClN3O5. The highest BCUT2D eigenvalue weighted by Crippen LogP contribution is 2.31. The predicted octanol–water partition coefficient (Wildman–Crippen LogP) is 7.76. The molecule has 1 atom stereocenters. The van der Waals surface area contributed by atoms with E-state index < -0.39 is 22.9 Å². The standard InChI is InChI=1S/C30H19BrClN3O5/c31-20-10-6-9-19(15-20)26-17-23(22-11-4-5-12-25(22)34-26)30(37)40-28(18-7-2-1-3-8-18)29(36)33-21-13-14-24(32)27(16-21)35(38)39/h1-17,28H,(H,33,36). The average molecular weight is 617 g/mol. The highest BCUT2D eigenvalue weighted by Gasteiger charge is 2.28. The number of anilines is 1. The van der Waals surface area contributed by atoms with E-state index in [2.05, 4.69) is 21.2 Å². The van der Waals surface area contributed by atoms with Gasteiger partial charge in [0.2, 0.25) is 6.10 Å². The molecule has 0 radical (unpaired) electrons. The van der Waals surface area contributed by atoms with E-state index in [4.69, 9.17) is 21.3 Å². The SMILES string of the molecule is O=C(OC(C(=O)Nc1ccc(Cl)c([N+](=O)[O-])c1)c1ccccc1)c1cc(-c2cccc(Br)c2)nc2ccccc12.